The van der Waals surface area contributed by atoms with E-state index in [0.29, 0.717) is 0 Å². The first-order chi connectivity index (χ1) is 7.55. The topological polar surface area (TPSA) is 0 Å². The molecule has 0 unspecified atom stereocenters. The summed E-state index contributed by atoms with van der Waals surface area (Å²) in [7, 11) is -0.933. The predicted octanol–water partition coefficient (Wildman–Crippen LogP) is 5.96. The minimum absolute atomic E-state index is 0.933. The molecule has 0 spiro atoms. The fourth-order valence-corrected chi connectivity index (χ4v) is 7.61. The van der Waals surface area contributed by atoms with E-state index >= 15 is 0 Å². The zero-order chi connectivity index (χ0) is 12.6. The summed E-state index contributed by atoms with van der Waals surface area (Å²) in [4.78, 5) is 0. The van der Waals surface area contributed by atoms with Crippen molar-refractivity contribution in [1.82, 2.24) is 0 Å². The lowest BCUT2D eigenvalue weighted by Gasteiger charge is -2.33. The van der Waals surface area contributed by atoms with Crippen LogP contribution in [0.2, 0.25) is 24.7 Å². The maximum atomic E-state index is 2.66. The Kier molecular flexibility index (Phi) is 8.44. The number of rotatable bonds is 9. The van der Waals surface area contributed by atoms with E-state index in [9.17, 15) is 0 Å². The largest absolute Gasteiger partial charge is 0.0691 e. The lowest BCUT2D eigenvalue weighted by Crippen LogP contribution is -2.33. The molecule has 0 aliphatic heterocycles. The summed E-state index contributed by atoms with van der Waals surface area (Å²) in [6.45, 7) is 14.6. The van der Waals surface area contributed by atoms with Crippen molar-refractivity contribution in [1.29, 1.82) is 0 Å². The van der Waals surface area contributed by atoms with Gasteiger partial charge in [0.2, 0.25) is 0 Å². The predicted molar refractivity (Wildman–Crippen MR) is 79.9 cm³/mol. The van der Waals surface area contributed by atoms with Crippen LogP contribution in [-0.4, -0.2) is 8.07 Å². The van der Waals surface area contributed by atoms with Crippen LogP contribution in [0.1, 0.15) is 60.3 Å². The maximum absolute atomic E-state index is 2.66. The Hall–Kier alpha value is 0.217. The monoisotopic (exact) mass is 242 g/mol. The van der Waals surface area contributed by atoms with E-state index in [4.69, 9.17) is 0 Å². The van der Waals surface area contributed by atoms with Crippen LogP contribution in [0.25, 0.3) is 0 Å². The SMILES string of the molecule is CCC(CC)C[Si](C)(CC)CC(CC)CC. The molecule has 98 valence electrons. The minimum atomic E-state index is -0.933. The third kappa shape index (κ3) is 5.52. The second kappa shape index (κ2) is 8.33. The van der Waals surface area contributed by atoms with Gasteiger partial charge in [-0.1, -0.05) is 85.0 Å². The second-order valence-electron chi connectivity index (χ2n) is 5.94. The highest BCUT2D eigenvalue weighted by Gasteiger charge is 2.29. The van der Waals surface area contributed by atoms with Crippen LogP contribution >= 0.6 is 0 Å². The average Bonchev–Trinajstić information content (AvgIpc) is 2.33. The molecule has 16 heavy (non-hydrogen) atoms. The Bertz CT molecular complexity index is 143. The van der Waals surface area contributed by atoms with Gasteiger partial charge in [-0.15, -0.1) is 0 Å². The Balaban J connectivity index is 4.38. The molecule has 0 atom stereocenters. The molecule has 0 nitrogen and oxygen atoms in total. The van der Waals surface area contributed by atoms with Gasteiger partial charge in [0.25, 0.3) is 0 Å². The van der Waals surface area contributed by atoms with Gasteiger partial charge in [-0.2, -0.15) is 0 Å². The van der Waals surface area contributed by atoms with Crippen molar-refractivity contribution in [2.75, 3.05) is 0 Å². The molecule has 0 fully saturated rings. The van der Waals surface area contributed by atoms with E-state index in [1.165, 1.54) is 31.7 Å². The number of hydrogen-bond donors (Lipinski definition) is 0. The molecule has 0 aromatic carbocycles. The van der Waals surface area contributed by atoms with Crippen LogP contribution in [0.4, 0.5) is 0 Å². The summed E-state index contributed by atoms with van der Waals surface area (Å²) < 4.78 is 0. The highest BCUT2D eigenvalue weighted by molar-refractivity contribution is 6.78. The molecule has 0 radical (unpaired) electrons. The molecule has 0 aromatic heterocycles. The summed E-state index contributed by atoms with van der Waals surface area (Å²) in [5, 5.41) is 0. The van der Waals surface area contributed by atoms with Gasteiger partial charge in [0.15, 0.2) is 0 Å². The zero-order valence-electron chi connectivity index (χ0n) is 12.6. The molecule has 0 aromatic rings. The van der Waals surface area contributed by atoms with Crippen molar-refractivity contribution < 1.29 is 0 Å². The first-order valence-electron chi connectivity index (χ1n) is 7.55. The first kappa shape index (κ1) is 16.2. The summed E-state index contributed by atoms with van der Waals surface area (Å²) >= 11 is 0. The molecule has 0 saturated carbocycles. The molecule has 0 amide bonds. The Morgan fingerprint density at radius 1 is 0.688 bits per heavy atom. The van der Waals surface area contributed by atoms with Crippen LogP contribution < -0.4 is 0 Å². The summed E-state index contributed by atoms with van der Waals surface area (Å²) in [6, 6.07) is 4.64. The van der Waals surface area contributed by atoms with Crippen molar-refractivity contribution in [3.8, 4) is 0 Å². The normalized spacial score (nSPS) is 12.8. The molecular formula is C15H34Si. The Labute approximate surface area is 105 Å². The zero-order valence-corrected chi connectivity index (χ0v) is 13.6. The molecule has 0 aliphatic carbocycles. The second-order valence-corrected chi connectivity index (χ2v) is 11.1. The van der Waals surface area contributed by atoms with Crippen molar-refractivity contribution in [2.45, 2.75) is 85.0 Å². The van der Waals surface area contributed by atoms with E-state index in [0.717, 1.165) is 11.8 Å². The van der Waals surface area contributed by atoms with E-state index in [-0.39, 0.29) is 0 Å². The summed E-state index contributed by atoms with van der Waals surface area (Å²) in [5.74, 6) is 2.01. The van der Waals surface area contributed by atoms with Crippen LogP contribution in [0, 0.1) is 11.8 Å². The van der Waals surface area contributed by atoms with Crippen molar-refractivity contribution in [3.05, 3.63) is 0 Å². The average molecular weight is 243 g/mol. The molecule has 0 heterocycles. The van der Waals surface area contributed by atoms with E-state index in [1.54, 1.807) is 12.1 Å². The Morgan fingerprint density at radius 3 is 1.19 bits per heavy atom. The smallest absolute Gasteiger partial charge is 0.0507 e. The van der Waals surface area contributed by atoms with Gasteiger partial charge >= 0.3 is 0 Å². The minimum Gasteiger partial charge on any atom is -0.0691 e. The van der Waals surface area contributed by atoms with E-state index < -0.39 is 8.07 Å². The quantitative estimate of drug-likeness (QED) is 0.438. The summed E-state index contributed by atoms with van der Waals surface area (Å²) in [6.07, 6.45) is 5.56. The van der Waals surface area contributed by atoms with Gasteiger partial charge in [-0.05, 0) is 11.8 Å². The first-order valence-corrected chi connectivity index (χ1v) is 10.7. The van der Waals surface area contributed by atoms with Gasteiger partial charge in [0.1, 0.15) is 0 Å². The maximum Gasteiger partial charge on any atom is 0.0507 e. The highest BCUT2D eigenvalue weighted by atomic mass is 28.3. The van der Waals surface area contributed by atoms with Crippen molar-refractivity contribution in [2.24, 2.45) is 11.8 Å². The highest BCUT2D eigenvalue weighted by Crippen LogP contribution is 2.33. The third-order valence-corrected chi connectivity index (χ3v) is 9.56. The standard InChI is InChI=1S/C15H34Si/c1-7-14(8-2)12-16(6,11-5)13-15(9-3)10-4/h14-15H,7-13H2,1-6H3. The molecule has 0 N–H and O–H groups in total. The van der Waals surface area contributed by atoms with E-state index in [1.807, 2.05) is 0 Å². The third-order valence-electron chi connectivity index (χ3n) is 4.73. The molecule has 0 saturated heterocycles. The van der Waals surface area contributed by atoms with Crippen molar-refractivity contribution >= 4 is 8.07 Å². The fourth-order valence-electron chi connectivity index (χ4n) is 2.92. The van der Waals surface area contributed by atoms with Gasteiger partial charge in [0.05, 0.1) is 8.07 Å². The van der Waals surface area contributed by atoms with Crippen LogP contribution in [0.5, 0.6) is 0 Å². The molecule has 0 bridgehead atoms. The van der Waals surface area contributed by atoms with Crippen molar-refractivity contribution in [3.63, 3.8) is 0 Å². The number of hydrogen-bond acceptors (Lipinski definition) is 0. The fraction of sp³-hybridized carbons (Fsp3) is 1.00. The van der Waals surface area contributed by atoms with Gasteiger partial charge in [-0.25, -0.2) is 0 Å². The van der Waals surface area contributed by atoms with Crippen LogP contribution in [0.15, 0.2) is 0 Å². The van der Waals surface area contributed by atoms with Gasteiger partial charge < -0.3 is 0 Å². The lowest BCUT2D eigenvalue weighted by atomic mass is 10.1. The Morgan fingerprint density at radius 2 is 1.00 bits per heavy atom. The summed E-state index contributed by atoms with van der Waals surface area (Å²) in [5.41, 5.74) is 0. The molecule has 1 heteroatoms. The van der Waals surface area contributed by atoms with Gasteiger partial charge in [-0.3, -0.25) is 0 Å². The molecular weight excluding hydrogens is 208 g/mol. The van der Waals surface area contributed by atoms with Crippen LogP contribution in [-0.2, 0) is 0 Å². The van der Waals surface area contributed by atoms with E-state index in [2.05, 4.69) is 41.2 Å². The van der Waals surface area contributed by atoms with Crippen LogP contribution in [0.3, 0.4) is 0 Å². The lowest BCUT2D eigenvalue weighted by molar-refractivity contribution is 0.509. The molecule has 0 rings (SSSR count). The molecule has 0 aliphatic rings. The van der Waals surface area contributed by atoms with Gasteiger partial charge in [0, 0.05) is 0 Å².